The molecule has 2 heterocycles. The van der Waals surface area contributed by atoms with E-state index >= 15 is 0 Å². The fourth-order valence-electron chi connectivity index (χ4n) is 3.69. The standard InChI is InChI=1S/C24H35N5O/c1-4-14-30-23-9-8-21(16-26-23)17-27-24(25-3)28-22-10-12-29(13-11-22)18-20-7-5-6-19(2)15-20/h5-9,15-16,22H,4,10-14,17-18H2,1-3H3,(H2,25,27,28). The number of benzene rings is 1. The Morgan fingerprint density at radius 3 is 2.70 bits per heavy atom. The first-order valence-corrected chi connectivity index (χ1v) is 11.0. The number of piperidine rings is 1. The average Bonchev–Trinajstić information content (AvgIpc) is 2.77. The van der Waals surface area contributed by atoms with Gasteiger partial charge in [0.2, 0.25) is 5.88 Å². The van der Waals surface area contributed by atoms with Gasteiger partial charge in [-0.2, -0.15) is 0 Å². The number of aliphatic imine (C=N–C) groups is 1. The minimum atomic E-state index is 0.452. The Morgan fingerprint density at radius 2 is 2.03 bits per heavy atom. The van der Waals surface area contributed by atoms with Crippen LogP contribution in [0.25, 0.3) is 0 Å². The smallest absolute Gasteiger partial charge is 0.213 e. The number of pyridine rings is 1. The number of rotatable bonds is 8. The topological polar surface area (TPSA) is 61.8 Å². The minimum absolute atomic E-state index is 0.452. The number of hydrogen-bond donors (Lipinski definition) is 2. The van der Waals surface area contributed by atoms with Gasteiger partial charge in [0.05, 0.1) is 6.61 Å². The Kier molecular flexibility index (Phi) is 8.51. The highest BCUT2D eigenvalue weighted by Gasteiger charge is 2.20. The first-order chi connectivity index (χ1) is 14.7. The molecule has 0 radical (unpaired) electrons. The van der Waals surface area contributed by atoms with Crippen LogP contribution in [0.2, 0.25) is 0 Å². The molecular weight excluding hydrogens is 374 g/mol. The zero-order valence-electron chi connectivity index (χ0n) is 18.5. The lowest BCUT2D eigenvalue weighted by Gasteiger charge is -2.33. The zero-order valence-corrected chi connectivity index (χ0v) is 18.5. The van der Waals surface area contributed by atoms with Gasteiger partial charge in [0.15, 0.2) is 5.96 Å². The van der Waals surface area contributed by atoms with E-state index in [9.17, 15) is 0 Å². The van der Waals surface area contributed by atoms with Gasteiger partial charge in [0.1, 0.15) is 0 Å². The van der Waals surface area contributed by atoms with E-state index in [4.69, 9.17) is 4.74 Å². The quantitative estimate of drug-likeness (QED) is 0.516. The molecule has 3 rings (SSSR count). The van der Waals surface area contributed by atoms with Crippen LogP contribution < -0.4 is 15.4 Å². The lowest BCUT2D eigenvalue weighted by atomic mass is 10.0. The van der Waals surface area contributed by atoms with Gasteiger partial charge in [0, 0.05) is 51.5 Å². The second kappa shape index (κ2) is 11.6. The van der Waals surface area contributed by atoms with E-state index in [-0.39, 0.29) is 0 Å². The van der Waals surface area contributed by atoms with Gasteiger partial charge in [-0.1, -0.05) is 42.8 Å². The maximum atomic E-state index is 5.54. The van der Waals surface area contributed by atoms with Crippen LogP contribution in [0.5, 0.6) is 5.88 Å². The highest BCUT2D eigenvalue weighted by molar-refractivity contribution is 5.79. The van der Waals surface area contributed by atoms with Crippen LogP contribution in [0.3, 0.4) is 0 Å². The summed E-state index contributed by atoms with van der Waals surface area (Å²) in [6.45, 7) is 8.87. The van der Waals surface area contributed by atoms with Crippen molar-refractivity contribution in [1.82, 2.24) is 20.5 Å². The lowest BCUT2D eigenvalue weighted by molar-refractivity contribution is 0.198. The molecule has 0 amide bonds. The predicted molar refractivity (Wildman–Crippen MR) is 123 cm³/mol. The third kappa shape index (κ3) is 7.02. The summed E-state index contributed by atoms with van der Waals surface area (Å²) in [5, 5.41) is 6.97. The summed E-state index contributed by atoms with van der Waals surface area (Å²) in [5.41, 5.74) is 3.84. The van der Waals surface area contributed by atoms with Crippen molar-refractivity contribution in [3.05, 3.63) is 59.3 Å². The van der Waals surface area contributed by atoms with E-state index < -0.39 is 0 Å². The zero-order chi connectivity index (χ0) is 21.2. The van der Waals surface area contributed by atoms with Crippen molar-refractivity contribution < 1.29 is 4.74 Å². The highest BCUT2D eigenvalue weighted by atomic mass is 16.5. The summed E-state index contributed by atoms with van der Waals surface area (Å²) in [7, 11) is 1.82. The molecule has 1 aliphatic rings. The fraction of sp³-hybridized carbons (Fsp3) is 0.500. The molecule has 0 atom stereocenters. The molecule has 30 heavy (non-hydrogen) atoms. The van der Waals surface area contributed by atoms with Gasteiger partial charge >= 0.3 is 0 Å². The van der Waals surface area contributed by atoms with Crippen molar-refractivity contribution in [1.29, 1.82) is 0 Å². The Hall–Kier alpha value is -2.60. The van der Waals surface area contributed by atoms with Gasteiger partial charge in [-0.25, -0.2) is 4.98 Å². The first kappa shape index (κ1) is 22.1. The molecule has 1 aliphatic heterocycles. The number of ether oxygens (including phenoxy) is 1. The number of nitrogens with zero attached hydrogens (tertiary/aromatic N) is 3. The van der Waals surface area contributed by atoms with Gasteiger partial charge < -0.3 is 15.4 Å². The van der Waals surface area contributed by atoms with Crippen LogP contribution in [-0.2, 0) is 13.1 Å². The molecule has 0 saturated carbocycles. The molecule has 0 aliphatic carbocycles. The third-order valence-electron chi connectivity index (χ3n) is 5.35. The summed E-state index contributed by atoms with van der Waals surface area (Å²) in [6, 6.07) is 13.2. The maximum absolute atomic E-state index is 5.54. The molecule has 6 nitrogen and oxygen atoms in total. The van der Waals surface area contributed by atoms with E-state index in [0.717, 1.165) is 50.4 Å². The Balaban J connectivity index is 1.40. The van der Waals surface area contributed by atoms with Crippen LogP contribution in [0.15, 0.2) is 47.6 Å². The van der Waals surface area contributed by atoms with Crippen molar-refractivity contribution in [3.8, 4) is 5.88 Å². The molecule has 1 aromatic heterocycles. The second-order valence-electron chi connectivity index (χ2n) is 7.96. The fourth-order valence-corrected chi connectivity index (χ4v) is 3.69. The van der Waals surface area contributed by atoms with Crippen molar-refractivity contribution >= 4 is 5.96 Å². The van der Waals surface area contributed by atoms with E-state index in [1.165, 1.54) is 11.1 Å². The molecule has 162 valence electrons. The summed E-state index contributed by atoms with van der Waals surface area (Å²) < 4.78 is 5.54. The second-order valence-corrected chi connectivity index (χ2v) is 7.96. The molecule has 1 fully saturated rings. The summed E-state index contributed by atoms with van der Waals surface area (Å²) in [5.74, 6) is 1.53. The van der Waals surface area contributed by atoms with E-state index in [1.807, 2.05) is 25.4 Å². The van der Waals surface area contributed by atoms with E-state index in [2.05, 4.69) is 63.6 Å². The molecule has 1 saturated heterocycles. The molecule has 0 bridgehead atoms. The Morgan fingerprint density at radius 1 is 1.20 bits per heavy atom. The van der Waals surface area contributed by atoms with Crippen LogP contribution in [-0.4, -0.2) is 48.6 Å². The van der Waals surface area contributed by atoms with Gasteiger partial charge in [-0.15, -0.1) is 0 Å². The number of nitrogens with one attached hydrogen (secondary N) is 2. The number of aryl methyl sites for hydroxylation is 1. The monoisotopic (exact) mass is 409 g/mol. The summed E-state index contributed by atoms with van der Waals surface area (Å²) in [6.07, 6.45) is 5.09. The number of aromatic nitrogens is 1. The Labute approximate surface area is 180 Å². The van der Waals surface area contributed by atoms with Crippen molar-refractivity contribution in [2.45, 2.75) is 52.2 Å². The largest absolute Gasteiger partial charge is 0.478 e. The minimum Gasteiger partial charge on any atom is -0.478 e. The summed E-state index contributed by atoms with van der Waals surface area (Å²) >= 11 is 0. The molecule has 1 aromatic carbocycles. The third-order valence-corrected chi connectivity index (χ3v) is 5.35. The molecule has 2 aromatic rings. The van der Waals surface area contributed by atoms with Crippen molar-refractivity contribution in [3.63, 3.8) is 0 Å². The lowest BCUT2D eigenvalue weighted by Crippen LogP contribution is -2.48. The van der Waals surface area contributed by atoms with Crippen LogP contribution >= 0.6 is 0 Å². The van der Waals surface area contributed by atoms with Crippen LogP contribution in [0.1, 0.15) is 42.9 Å². The number of guanidine groups is 1. The number of hydrogen-bond acceptors (Lipinski definition) is 4. The average molecular weight is 410 g/mol. The van der Waals surface area contributed by atoms with E-state index in [0.29, 0.717) is 25.1 Å². The van der Waals surface area contributed by atoms with Crippen LogP contribution in [0, 0.1) is 6.92 Å². The molecule has 0 spiro atoms. The Bertz CT molecular complexity index is 797. The summed E-state index contributed by atoms with van der Waals surface area (Å²) in [4.78, 5) is 11.3. The van der Waals surface area contributed by atoms with Gasteiger partial charge in [-0.3, -0.25) is 9.89 Å². The molecule has 0 unspecified atom stereocenters. The molecule has 2 N–H and O–H groups in total. The van der Waals surface area contributed by atoms with Crippen molar-refractivity contribution in [2.24, 2.45) is 4.99 Å². The molecule has 6 heteroatoms. The van der Waals surface area contributed by atoms with E-state index in [1.54, 1.807) is 0 Å². The highest BCUT2D eigenvalue weighted by Crippen LogP contribution is 2.15. The normalized spacial score (nSPS) is 15.8. The van der Waals surface area contributed by atoms with Crippen LogP contribution in [0.4, 0.5) is 0 Å². The maximum Gasteiger partial charge on any atom is 0.213 e. The first-order valence-electron chi connectivity index (χ1n) is 11.0. The van der Waals surface area contributed by atoms with Gasteiger partial charge in [-0.05, 0) is 37.3 Å². The molecular formula is C24H35N5O. The predicted octanol–water partition coefficient (Wildman–Crippen LogP) is 3.51. The van der Waals surface area contributed by atoms with Gasteiger partial charge in [0.25, 0.3) is 0 Å². The van der Waals surface area contributed by atoms with Crippen molar-refractivity contribution in [2.75, 3.05) is 26.7 Å². The SMILES string of the molecule is CCCOc1ccc(CNC(=NC)NC2CCN(Cc3cccc(C)c3)CC2)cn1. The number of likely N-dealkylation sites (tertiary alicyclic amines) is 1.